The Morgan fingerprint density at radius 2 is 2.10 bits per heavy atom. The van der Waals surface area contributed by atoms with Crippen LogP contribution in [0.5, 0.6) is 0 Å². The second kappa shape index (κ2) is 7.51. The van der Waals surface area contributed by atoms with Crippen molar-refractivity contribution in [1.82, 2.24) is 10.0 Å². The summed E-state index contributed by atoms with van der Waals surface area (Å²) < 4.78 is 27.9. The van der Waals surface area contributed by atoms with Gasteiger partial charge in [0.05, 0.1) is 6.04 Å². The molecular formula is C14H20N2O2S3. The minimum Gasteiger partial charge on any atom is -0.317 e. The summed E-state index contributed by atoms with van der Waals surface area (Å²) in [7, 11) is -3.44. The Labute approximate surface area is 134 Å². The molecule has 0 bridgehead atoms. The number of hydrogen-bond donors (Lipinski definition) is 2. The fourth-order valence-electron chi connectivity index (χ4n) is 1.91. The molecular weight excluding hydrogens is 324 g/mol. The Bertz CT molecular complexity index is 648. The van der Waals surface area contributed by atoms with E-state index in [4.69, 9.17) is 0 Å². The molecule has 0 aromatic carbocycles. The van der Waals surface area contributed by atoms with Crippen LogP contribution in [0.25, 0.3) is 0 Å². The highest BCUT2D eigenvalue weighted by atomic mass is 32.2. The number of nitrogens with one attached hydrogen (secondary N) is 2. The Balaban J connectivity index is 2.02. The summed E-state index contributed by atoms with van der Waals surface area (Å²) in [5.74, 6) is 0. The first-order valence-electron chi connectivity index (χ1n) is 6.88. The van der Waals surface area contributed by atoms with E-state index in [9.17, 15) is 8.42 Å². The fraction of sp³-hybridized carbons (Fsp3) is 0.429. The van der Waals surface area contributed by atoms with Gasteiger partial charge in [-0.15, -0.1) is 22.7 Å². The summed E-state index contributed by atoms with van der Waals surface area (Å²) in [4.78, 5) is 2.10. The van der Waals surface area contributed by atoms with Crippen LogP contribution in [0.1, 0.15) is 29.6 Å². The minimum absolute atomic E-state index is 0.206. The van der Waals surface area contributed by atoms with Crippen LogP contribution in [0, 0.1) is 0 Å². The van der Waals surface area contributed by atoms with Gasteiger partial charge in [-0.05, 0) is 50.0 Å². The normalized spacial score (nSPS) is 13.4. The molecule has 2 rings (SSSR count). The highest BCUT2D eigenvalue weighted by Crippen LogP contribution is 2.25. The van der Waals surface area contributed by atoms with Crippen molar-refractivity contribution in [3.8, 4) is 0 Å². The molecule has 4 nitrogen and oxygen atoms in total. The maximum Gasteiger partial charge on any atom is 0.250 e. The number of hydrogen-bond acceptors (Lipinski definition) is 5. The molecule has 0 fully saturated rings. The summed E-state index contributed by atoms with van der Waals surface area (Å²) >= 11 is 2.90. The van der Waals surface area contributed by atoms with Crippen molar-refractivity contribution in [3.63, 3.8) is 0 Å². The highest BCUT2D eigenvalue weighted by Gasteiger charge is 2.20. The van der Waals surface area contributed by atoms with Gasteiger partial charge in [0, 0.05) is 9.75 Å². The maximum atomic E-state index is 12.4. The maximum absolute atomic E-state index is 12.4. The van der Waals surface area contributed by atoms with Gasteiger partial charge >= 0.3 is 0 Å². The molecule has 1 atom stereocenters. The quantitative estimate of drug-likeness (QED) is 0.724. The van der Waals surface area contributed by atoms with Crippen molar-refractivity contribution in [3.05, 3.63) is 39.4 Å². The van der Waals surface area contributed by atoms with Crippen molar-refractivity contribution >= 4 is 32.7 Å². The van der Waals surface area contributed by atoms with Crippen LogP contribution in [-0.2, 0) is 16.4 Å². The highest BCUT2D eigenvalue weighted by molar-refractivity contribution is 7.91. The largest absolute Gasteiger partial charge is 0.317 e. The smallest absolute Gasteiger partial charge is 0.250 e. The van der Waals surface area contributed by atoms with Gasteiger partial charge in [0.2, 0.25) is 0 Å². The third-order valence-corrected chi connectivity index (χ3v) is 7.23. The van der Waals surface area contributed by atoms with E-state index in [1.54, 1.807) is 17.4 Å². The zero-order valence-corrected chi connectivity index (χ0v) is 14.6. The lowest BCUT2D eigenvalue weighted by Gasteiger charge is -2.11. The Hall–Kier alpha value is -0.730. The lowest BCUT2D eigenvalue weighted by molar-refractivity contribution is 0.570. The van der Waals surface area contributed by atoms with E-state index in [-0.39, 0.29) is 6.04 Å². The van der Waals surface area contributed by atoms with Crippen LogP contribution < -0.4 is 10.0 Å². The Kier molecular flexibility index (Phi) is 5.95. The molecule has 0 radical (unpaired) electrons. The van der Waals surface area contributed by atoms with Crippen LogP contribution in [0.2, 0.25) is 0 Å². The lowest BCUT2D eigenvalue weighted by atomic mass is 10.3. The minimum atomic E-state index is -3.44. The third kappa shape index (κ3) is 4.62. The first-order chi connectivity index (χ1) is 10.0. The zero-order valence-electron chi connectivity index (χ0n) is 12.1. The van der Waals surface area contributed by atoms with Crippen LogP contribution >= 0.6 is 22.7 Å². The monoisotopic (exact) mass is 344 g/mol. The third-order valence-electron chi connectivity index (χ3n) is 3.00. The van der Waals surface area contributed by atoms with E-state index in [2.05, 4.69) is 17.0 Å². The van der Waals surface area contributed by atoms with Gasteiger partial charge in [0.25, 0.3) is 10.0 Å². The average Bonchev–Trinajstić information content (AvgIpc) is 3.10. The van der Waals surface area contributed by atoms with Crippen LogP contribution in [0.4, 0.5) is 0 Å². The van der Waals surface area contributed by atoms with E-state index in [1.165, 1.54) is 11.3 Å². The molecule has 2 aromatic rings. The summed E-state index contributed by atoms with van der Waals surface area (Å²) in [6, 6.07) is 7.24. The standard InChI is InChI=1S/C14H20N2O2S3/c1-3-15-9-8-12-6-7-14(20-12)21(17,18)16-11(2)13-5-4-10-19-13/h4-7,10-11,15-16H,3,8-9H2,1-2H3. The molecule has 1 unspecified atom stereocenters. The summed E-state index contributed by atoms with van der Waals surface area (Å²) in [6.07, 6.45) is 0.856. The number of sulfonamides is 1. The predicted octanol–water partition coefficient (Wildman–Crippen LogP) is 3.00. The van der Waals surface area contributed by atoms with Gasteiger partial charge in [-0.25, -0.2) is 13.1 Å². The second-order valence-electron chi connectivity index (χ2n) is 4.68. The summed E-state index contributed by atoms with van der Waals surface area (Å²) in [5.41, 5.74) is 0. The second-order valence-corrected chi connectivity index (χ2v) is 8.77. The molecule has 116 valence electrons. The van der Waals surface area contributed by atoms with Crippen molar-refractivity contribution in [2.45, 2.75) is 30.5 Å². The molecule has 7 heteroatoms. The molecule has 0 aliphatic heterocycles. The summed E-state index contributed by atoms with van der Waals surface area (Å²) in [5, 5.41) is 5.19. The van der Waals surface area contributed by atoms with Gasteiger partial charge in [-0.2, -0.15) is 0 Å². The van der Waals surface area contributed by atoms with Gasteiger partial charge in [0.15, 0.2) is 0 Å². The number of thiophene rings is 2. The van der Waals surface area contributed by atoms with E-state index in [1.807, 2.05) is 30.5 Å². The molecule has 0 aliphatic carbocycles. The number of rotatable bonds is 8. The molecule has 0 saturated carbocycles. The van der Waals surface area contributed by atoms with Crippen molar-refractivity contribution in [1.29, 1.82) is 0 Å². The average molecular weight is 345 g/mol. The molecule has 2 N–H and O–H groups in total. The molecule has 0 spiro atoms. The predicted molar refractivity (Wildman–Crippen MR) is 89.6 cm³/mol. The van der Waals surface area contributed by atoms with E-state index < -0.39 is 10.0 Å². The van der Waals surface area contributed by atoms with Gasteiger partial charge in [-0.1, -0.05) is 13.0 Å². The van der Waals surface area contributed by atoms with E-state index in [0.717, 1.165) is 29.3 Å². The molecule has 21 heavy (non-hydrogen) atoms. The first kappa shape index (κ1) is 16.6. The van der Waals surface area contributed by atoms with Crippen molar-refractivity contribution in [2.24, 2.45) is 0 Å². The SMILES string of the molecule is CCNCCc1ccc(S(=O)(=O)NC(C)c2cccs2)s1. The van der Waals surface area contributed by atoms with Gasteiger partial charge < -0.3 is 5.32 Å². The van der Waals surface area contributed by atoms with Crippen molar-refractivity contribution < 1.29 is 8.42 Å². The van der Waals surface area contributed by atoms with Gasteiger partial charge in [0.1, 0.15) is 4.21 Å². The van der Waals surface area contributed by atoms with Crippen LogP contribution in [0.3, 0.4) is 0 Å². The molecule has 0 aliphatic rings. The van der Waals surface area contributed by atoms with E-state index in [0.29, 0.717) is 4.21 Å². The Morgan fingerprint density at radius 1 is 1.29 bits per heavy atom. The zero-order chi connectivity index (χ0) is 15.3. The molecule has 2 heterocycles. The number of likely N-dealkylation sites (N-methyl/N-ethyl adjacent to an activating group) is 1. The lowest BCUT2D eigenvalue weighted by Crippen LogP contribution is -2.25. The van der Waals surface area contributed by atoms with Crippen LogP contribution in [0.15, 0.2) is 33.9 Å². The van der Waals surface area contributed by atoms with Crippen molar-refractivity contribution in [2.75, 3.05) is 13.1 Å². The fourth-order valence-corrected chi connectivity index (χ4v) is 5.32. The molecule has 0 saturated heterocycles. The Morgan fingerprint density at radius 3 is 2.76 bits per heavy atom. The van der Waals surface area contributed by atoms with Crippen LogP contribution in [-0.4, -0.2) is 21.5 Å². The first-order valence-corrected chi connectivity index (χ1v) is 10.1. The molecule has 0 amide bonds. The van der Waals surface area contributed by atoms with E-state index >= 15 is 0 Å². The van der Waals surface area contributed by atoms with Gasteiger partial charge in [-0.3, -0.25) is 0 Å². The molecule has 2 aromatic heterocycles. The summed E-state index contributed by atoms with van der Waals surface area (Å²) in [6.45, 7) is 5.72. The topological polar surface area (TPSA) is 58.2 Å².